The Balaban J connectivity index is 2.00. The summed E-state index contributed by atoms with van der Waals surface area (Å²) in [6, 6.07) is 7.70. The summed E-state index contributed by atoms with van der Waals surface area (Å²) in [7, 11) is -4.42. The molecule has 4 N–H and O–H groups in total. The first-order valence-electron chi connectivity index (χ1n) is 9.06. The van der Waals surface area contributed by atoms with Crippen LogP contribution in [-0.4, -0.2) is 27.9 Å². The van der Waals surface area contributed by atoms with Gasteiger partial charge in [0.25, 0.3) is 15.8 Å². The number of hydrogen-bond acceptors (Lipinski definition) is 13. The molecule has 0 aliphatic rings. The molecular formula is C18H12N6O10S. The molecular weight excluding hydrogens is 492 g/mol. The maximum atomic E-state index is 12.6. The van der Waals surface area contributed by atoms with E-state index in [-0.39, 0.29) is 5.69 Å². The van der Waals surface area contributed by atoms with Crippen LogP contribution in [0.25, 0.3) is 0 Å². The molecule has 0 aromatic heterocycles. The molecule has 3 aromatic rings. The minimum Gasteiger partial charge on any atom is -0.501 e. The van der Waals surface area contributed by atoms with E-state index < -0.39 is 69.2 Å². The molecule has 0 heterocycles. The van der Waals surface area contributed by atoms with Crippen molar-refractivity contribution in [1.29, 1.82) is 0 Å². The van der Waals surface area contributed by atoms with Gasteiger partial charge in [-0.25, -0.2) is 0 Å². The van der Waals surface area contributed by atoms with Gasteiger partial charge in [-0.1, -0.05) is 0 Å². The molecule has 0 radical (unpaired) electrons. The van der Waals surface area contributed by atoms with Gasteiger partial charge in [0.15, 0.2) is 5.36 Å². The summed E-state index contributed by atoms with van der Waals surface area (Å²) in [6.45, 7) is 0. The molecule has 16 nitrogen and oxygen atoms in total. The molecule has 0 amide bonds. The van der Waals surface area contributed by atoms with Crippen molar-refractivity contribution in [2.45, 2.75) is 4.90 Å². The predicted molar refractivity (Wildman–Crippen MR) is 117 cm³/mol. The van der Waals surface area contributed by atoms with Crippen LogP contribution in [0.2, 0.25) is 0 Å². The number of anilines is 2. The maximum absolute atomic E-state index is 12.6. The Morgan fingerprint density at radius 3 is 2.11 bits per heavy atom. The molecule has 0 aliphatic heterocycles. The van der Waals surface area contributed by atoms with Crippen molar-refractivity contribution in [1.82, 2.24) is 0 Å². The molecule has 0 unspecified atom stereocenters. The molecule has 3 aromatic carbocycles. The number of benzene rings is 3. The summed E-state index contributed by atoms with van der Waals surface area (Å²) in [6.07, 6.45) is 0. The fourth-order valence-electron chi connectivity index (χ4n) is 2.61. The zero-order valence-corrected chi connectivity index (χ0v) is 17.8. The number of hydrogen-bond donors (Lipinski definition) is 4. The van der Waals surface area contributed by atoms with E-state index in [9.17, 15) is 43.3 Å². The van der Waals surface area contributed by atoms with Gasteiger partial charge in [-0.05, 0) is 36.4 Å². The van der Waals surface area contributed by atoms with E-state index in [2.05, 4.69) is 21.1 Å². The third-order valence-corrected chi connectivity index (χ3v) is 5.17. The van der Waals surface area contributed by atoms with Gasteiger partial charge in [-0.15, -0.1) is 0 Å². The van der Waals surface area contributed by atoms with E-state index in [1.165, 1.54) is 12.1 Å². The van der Waals surface area contributed by atoms with Crippen molar-refractivity contribution in [2.24, 2.45) is 10.2 Å². The lowest BCUT2D eigenvalue weighted by Crippen LogP contribution is -2.47. The highest BCUT2D eigenvalue weighted by atomic mass is 32.2. The fourth-order valence-corrected chi connectivity index (χ4v) is 3.09. The van der Waals surface area contributed by atoms with E-state index in [4.69, 9.17) is 4.55 Å². The van der Waals surface area contributed by atoms with Crippen molar-refractivity contribution in [3.05, 3.63) is 99.9 Å². The Kier molecular flexibility index (Phi) is 6.65. The maximum Gasteiger partial charge on any atom is 0.319 e. The molecule has 17 heteroatoms. The highest BCUT2D eigenvalue weighted by molar-refractivity contribution is 7.85. The number of nitrogens with zero attached hydrogens (tertiary/aromatic N) is 4. The van der Waals surface area contributed by atoms with E-state index in [1.54, 1.807) is 0 Å². The van der Waals surface area contributed by atoms with Gasteiger partial charge in [0, 0.05) is 6.07 Å². The lowest BCUT2D eigenvalue weighted by molar-refractivity contribution is -0.394. The average molecular weight is 504 g/mol. The monoisotopic (exact) mass is 504 g/mol. The topological polar surface area (TPSA) is 244 Å². The van der Waals surface area contributed by atoms with Gasteiger partial charge in [0.2, 0.25) is 16.6 Å². The minimum absolute atomic E-state index is 0.158. The zero-order chi connectivity index (χ0) is 25.9. The molecule has 0 bridgehead atoms. The highest BCUT2D eigenvalue weighted by Gasteiger charge is 2.23. The molecule has 35 heavy (non-hydrogen) atoms. The normalized spacial score (nSPS) is 12.4. The Hall–Kier alpha value is -5.03. The summed E-state index contributed by atoms with van der Waals surface area (Å²) in [5, 5.41) is 38.3. The first-order valence-corrected chi connectivity index (χ1v) is 10.5. The fraction of sp³-hybridized carbons (Fsp3) is 0. The molecule has 3 rings (SSSR count). The van der Waals surface area contributed by atoms with Gasteiger partial charge < -0.3 is 5.11 Å². The van der Waals surface area contributed by atoms with Gasteiger partial charge >= 0.3 is 5.69 Å². The summed E-state index contributed by atoms with van der Waals surface area (Å²) in [5.41, 5.74) is 0.567. The van der Waals surface area contributed by atoms with Gasteiger partial charge in [0.1, 0.15) is 11.0 Å². The van der Waals surface area contributed by atoms with Gasteiger partial charge in [-0.3, -0.25) is 45.2 Å². The third kappa shape index (κ3) is 5.49. The van der Waals surface area contributed by atoms with Crippen LogP contribution in [0.3, 0.4) is 0 Å². The predicted octanol–water partition coefficient (Wildman–Crippen LogP) is -0.0931. The molecule has 0 aliphatic carbocycles. The standard InChI is InChI=1S/C18H12N6O10S/c25-15-6-5-12(20-21-13-7-10(23(28)29)8-14(17(13)26)24(30)31)18(27)16(15)22-19-9-1-3-11(4-2-9)35(32,33)34/h1-8,19,21,26H,(H,32,33,34). The largest absolute Gasteiger partial charge is 0.501 e. The van der Waals surface area contributed by atoms with Crippen LogP contribution < -0.4 is 32.4 Å². The zero-order valence-electron chi connectivity index (χ0n) is 17.0. The number of nitro groups is 2. The van der Waals surface area contributed by atoms with E-state index in [1.807, 2.05) is 0 Å². The first-order chi connectivity index (χ1) is 16.4. The smallest absolute Gasteiger partial charge is 0.319 e. The van der Waals surface area contributed by atoms with Crippen molar-refractivity contribution < 1.29 is 27.9 Å². The molecule has 0 saturated carbocycles. The molecule has 0 fully saturated rings. The summed E-state index contributed by atoms with van der Waals surface area (Å²) < 4.78 is 31.1. The number of non-ortho nitro benzene ring substituents is 1. The second-order valence-corrected chi connectivity index (χ2v) is 8.00. The summed E-state index contributed by atoms with van der Waals surface area (Å²) in [4.78, 5) is 44.3. The number of nitro benzene ring substituents is 2. The van der Waals surface area contributed by atoms with Gasteiger partial charge in [0.05, 0.1) is 26.5 Å². The SMILES string of the molecule is O=c1ccc(=NNc2cc([N+](=O)[O-])cc([N+](=O)[O-])c2O)c(=O)c1=NNc1ccc(S(=O)(=O)O)cc1. The molecule has 0 atom stereocenters. The van der Waals surface area contributed by atoms with E-state index >= 15 is 0 Å². The molecule has 180 valence electrons. The van der Waals surface area contributed by atoms with Crippen LogP contribution in [0.5, 0.6) is 5.75 Å². The van der Waals surface area contributed by atoms with Crippen LogP contribution in [0.15, 0.2) is 73.2 Å². The highest BCUT2D eigenvalue weighted by Crippen LogP contribution is 2.37. The molecule has 0 spiro atoms. The van der Waals surface area contributed by atoms with Crippen molar-refractivity contribution in [3.63, 3.8) is 0 Å². The van der Waals surface area contributed by atoms with Gasteiger partial charge in [-0.2, -0.15) is 18.6 Å². The van der Waals surface area contributed by atoms with Crippen LogP contribution in [0.4, 0.5) is 22.7 Å². The summed E-state index contributed by atoms with van der Waals surface area (Å²) >= 11 is 0. The van der Waals surface area contributed by atoms with E-state index in [0.717, 1.165) is 30.3 Å². The van der Waals surface area contributed by atoms with Crippen molar-refractivity contribution in [3.8, 4) is 5.75 Å². The lowest BCUT2D eigenvalue weighted by atomic mass is 10.2. The third-order valence-electron chi connectivity index (χ3n) is 4.30. The Labute approximate surface area is 192 Å². The number of phenolic OH excluding ortho intramolecular Hbond substituents is 1. The quantitative estimate of drug-likeness (QED) is 0.143. The number of aromatic hydroxyl groups is 1. The second kappa shape index (κ2) is 9.45. The lowest BCUT2D eigenvalue weighted by Gasteiger charge is -2.04. The second-order valence-electron chi connectivity index (χ2n) is 6.58. The number of nitrogens with one attached hydrogen (secondary N) is 2. The molecule has 0 saturated heterocycles. The number of rotatable bonds is 7. The Morgan fingerprint density at radius 2 is 1.54 bits per heavy atom. The first kappa shape index (κ1) is 24.6. The number of phenols is 1. The van der Waals surface area contributed by atoms with Crippen LogP contribution in [0, 0.1) is 20.2 Å². The van der Waals surface area contributed by atoms with Crippen LogP contribution >= 0.6 is 0 Å². The van der Waals surface area contributed by atoms with Crippen LogP contribution in [-0.2, 0) is 10.1 Å². The average Bonchev–Trinajstić information content (AvgIpc) is 2.78. The Morgan fingerprint density at radius 1 is 0.886 bits per heavy atom. The van der Waals surface area contributed by atoms with Crippen LogP contribution in [0.1, 0.15) is 0 Å². The summed E-state index contributed by atoms with van der Waals surface area (Å²) in [5.74, 6) is -0.975. The Bertz CT molecular complexity index is 1680. The van der Waals surface area contributed by atoms with Crippen molar-refractivity contribution in [2.75, 3.05) is 10.9 Å². The van der Waals surface area contributed by atoms with Crippen molar-refractivity contribution >= 4 is 32.9 Å². The van der Waals surface area contributed by atoms with E-state index in [0.29, 0.717) is 6.07 Å². The minimum atomic E-state index is -4.42.